The van der Waals surface area contributed by atoms with E-state index in [9.17, 15) is 23.1 Å². The highest BCUT2D eigenvalue weighted by Crippen LogP contribution is 2.52. The van der Waals surface area contributed by atoms with Crippen LogP contribution in [0.4, 0.5) is 19.0 Å². The van der Waals surface area contributed by atoms with Gasteiger partial charge in [-0.05, 0) is 18.9 Å². The van der Waals surface area contributed by atoms with E-state index in [1.54, 1.807) is 6.92 Å². The van der Waals surface area contributed by atoms with Crippen molar-refractivity contribution in [1.82, 2.24) is 4.98 Å². The number of β-amino-alcohol motifs (C(OH)–C–C–N with tert-alkyl or cyclic N) is 1. The summed E-state index contributed by atoms with van der Waals surface area (Å²) >= 11 is 0. The second-order valence-electron chi connectivity index (χ2n) is 5.68. The van der Waals surface area contributed by atoms with Gasteiger partial charge in [0.1, 0.15) is 5.82 Å². The van der Waals surface area contributed by atoms with E-state index in [0.29, 0.717) is 12.8 Å². The average Bonchev–Trinajstić information content (AvgIpc) is 3.05. The van der Waals surface area contributed by atoms with E-state index in [-0.39, 0.29) is 11.4 Å². The molecule has 1 aromatic rings. The summed E-state index contributed by atoms with van der Waals surface area (Å²) in [5.41, 5.74) is -4.02. The Morgan fingerprint density at radius 1 is 1.45 bits per heavy atom. The summed E-state index contributed by atoms with van der Waals surface area (Å²) < 4.78 is 39.5. The molecule has 0 radical (unpaired) electrons. The highest BCUT2D eigenvalue weighted by Gasteiger charge is 2.63. The van der Waals surface area contributed by atoms with Gasteiger partial charge < -0.3 is 5.11 Å². The average molecular weight is 286 g/mol. The Bertz CT molecular complexity index is 583. The number of alkyl halides is 3. The standard InChI is InChI=1S/C13H13F3N2O2/c1-11(4-5-11)10(19)18-7-12(20,13(14,15)16)8-3-2-6-17-9(8)18/h2-3,6,20H,4-5,7H2,1H3. The maximum Gasteiger partial charge on any atom is 0.423 e. The SMILES string of the molecule is CC1(C(=O)N2CC(O)(C(F)(F)F)c3cccnc32)CC1. The van der Waals surface area contributed by atoms with Gasteiger partial charge in [-0.3, -0.25) is 9.69 Å². The Labute approximate surface area is 113 Å². The van der Waals surface area contributed by atoms with Crippen LogP contribution in [0.1, 0.15) is 25.3 Å². The van der Waals surface area contributed by atoms with Gasteiger partial charge in [-0.1, -0.05) is 13.0 Å². The molecule has 1 aliphatic heterocycles. The van der Waals surface area contributed by atoms with E-state index in [0.717, 1.165) is 4.90 Å². The van der Waals surface area contributed by atoms with Gasteiger partial charge in [0.2, 0.25) is 11.5 Å². The fraction of sp³-hybridized carbons (Fsp3) is 0.538. The minimum absolute atomic E-state index is 0.0922. The van der Waals surface area contributed by atoms with Gasteiger partial charge >= 0.3 is 6.18 Å². The minimum Gasteiger partial charge on any atom is -0.375 e. The summed E-state index contributed by atoms with van der Waals surface area (Å²) in [7, 11) is 0. The topological polar surface area (TPSA) is 53.4 Å². The molecule has 1 N–H and O–H groups in total. The minimum atomic E-state index is -4.86. The number of hydrogen-bond donors (Lipinski definition) is 1. The number of hydrogen-bond acceptors (Lipinski definition) is 3. The monoisotopic (exact) mass is 286 g/mol. The van der Waals surface area contributed by atoms with E-state index in [1.165, 1.54) is 18.3 Å². The predicted molar refractivity (Wildman–Crippen MR) is 63.9 cm³/mol. The zero-order valence-corrected chi connectivity index (χ0v) is 10.7. The van der Waals surface area contributed by atoms with Crippen molar-refractivity contribution >= 4 is 11.7 Å². The molecule has 1 aliphatic carbocycles. The van der Waals surface area contributed by atoms with Crippen LogP contribution >= 0.6 is 0 Å². The summed E-state index contributed by atoms with van der Waals surface area (Å²) in [5.74, 6) is -0.497. The molecule has 0 bridgehead atoms. The van der Waals surface area contributed by atoms with Crippen LogP contribution in [0.5, 0.6) is 0 Å². The first-order valence-electron chi connectivity index (χ1n) is 6.26. The highest BCUT2D eigenvalue weighted by atomic mass is 19.4. The Hall–Kier alpha value is -1.63. The molecule has 2 heterocycles. The number of aromatic nitrogens is 1. The fourth-order valence-electron chi connectivity index (χ4n) is 2.46. The van der Waals surface area contributed by atoms with Gasteiger partial charge in [-0.25, -0.2) is 4.98 Å². The lowest BCUT2D eigenvalue weighted by molar-refractivity contribution is -0.259. The zero-order valence-electron chi connectivity index (χ0n) is 10.7. The van der Waals surface area contributed by atoms with E-state index in [2.05, 4.69) is 4.98 Å². The second-order valence-corrected chi connectivity index (χ2v) is 5.68. The van der Waals surface area contributed by atoms with Crippen molar-refractivity contribution in [2.24, 2.45) is 5.41 Å². The molecule has 1 atom stereocenters. The van der Waals surface area contributed by atoms with Crippen LogP contribution < -0.4 is 4.90 Å². The number of fused-ring (bicyclic) bond motifs is 1. The van der Waals surface area contributed by atoms with E-state index in [4.69, 9.17) is 0 Å². The molecule has 7 heteroatoms. The summed E-state index contributed by atoms with van der Waals surface area (Å²) in [5, 5.41) is 10.0. The van der Waals surface area contributed by atoms with Crippen molar-refractivity contribution in [3.63, 3.8) is 0 Å². The lowest BCUT2D eigenvalue weighted by atomic mass is 9.97. The summed E-state index contributed by atoms with van der Waals surface area (Å²) in [6, 6.07) is 2.49. The van der Waals surface area contributed by atoms with Crippen molar-refractivity contribution in [1.29, 1.82) is 0 Å². The molecule has 4 nitrogen and oxygen atoms in total. The van der Waals surface area contributed by atoms with Crippen molar-refractivity contribution in [2.45, 2.75) is 31.5 Å². The van der Waals surface area contributed by atoms with E-state index < -0.39 is 29.6 Å². The molecular weight excluding hydrogens is 273 g/mol. The lowest BCUT2D eigenvalue weighted by Crippen LogP contribution is -2.48. The van der Waals surface area contributed by atoms with Gasteiger partial charge in [0.05, 0.1) is 6.54 Å². The first-order chi connectivity index (χ1) is 9.19. The first kappa shape index (κ1) is 13.4. The summed E-state index contributed by atoms with van der Waals surface area (Å²) in [4.78, 5) is 17.1. The molecule has 1 fully saturated rings. The molecule has 2 aliphatic rings. The number of aliphatic hydroxyl groups is 1. The van der Waals surface area contributed by atoms with E-state index >= 15 is 0 Å². The summed E-state index contributed by atoms with van der Waals surface area (Å²) in [6.07, 6.45) is -2.25. The zero-order chi connectivity index (χ0) is 14.8. The van der Waals surface area contributed by atoms with Gasteiger partial charge in [0.15, 0.2) is 0 Å². The second kappa shape index (κ2) is 3.72. The van der Waals surface area contributed by atoms with Gasteiger partial charge in [-0.2, -0.15) is 13.2 Å². The first-order valence-corrected chi connectivity index (χ1v) is 6.26. The number of amides is 1. The summed E-state index contributed by atoms with van der Waals surface area (Å²) in [6.45, 7) is 0.889. The van der Waals surface area contributed by atoms with Crippen molar-refractivity contribution in [2.75, 3.05) is 11.4 Å². The molecule has 1 saturated carbocycles. The molecule has 3 rings (SSSR count). The predicted octanol–water partition coefficient (Wildman–Crippen LogP) is 1.98. The molecule has 1 aromatic heterocycles. The number of carbonyl (C=O) groups excluding carboxylic acids is 1. The lowest BCUT2D eigenvalue weighted by Gasteiger charge is -2.27. The van der Waals surface area contributed by atoms with Gasteiger partial charge in [0, 0.05) is 17.2 Å². The molecule has 1 amide bonds. The van der Waals surface area contributed by atoms with E-state index in [1.807, 2.05) is 0 Å². The van der Waals surface area contributed by atoms with Crippen LogP contribution in [0.2, 0.25) is 0 Å². The number of carbonyl (C=O) groups is 1. The third-order valence-corrected chi connectivity index (χ3v) is 4.11. The Kier molecular flexibility index (Phi) is 2.48. The smallest absolute Gasteiger partial charge is 0.375 e. The quantitative estimate of drug-likeness (QED) is 0.859. The Morgan fingerprint density at radius 3 is 2.65 bits per heavy atom. The van der Waals surface area contributed by atoms with Crippen molar-refractivity contribution < 1.29 is 23.1 Å². The largest absolute Gasteiger partial charge is 0.423 e. The number of nitrogens with zero attached hydrogens (tertiary/aromatic N) is 2. The third kappa shape index (κ3) is 1.65. The molecule has 0 aromatic carbocycles. The number of pyridine rings is 1. The molecular formula is C13H13F3N2O2. The van der Waals surface area contributed by atoms with Crippen LogP contribution in [0, 0.1) is 5.41 Å². The molecule has 20 heavy (non-hydrogen) atoms. The number of halogens is 3. The number of anilines is 1. The third-order valence-electron chi connectivity index (χ3n) is 4.11. The van der Waals surface area contributed by atoms with Crippen LogP contribution in [-0.4, -0.2) is 28.7 Å². The Balaban J connectivity index is 2.07. The fourth-order valence-corrected chi connectivity index (χ4v) is 2.46. The number of rotatable bonds is 1. The van der Waals surface area contributed by atoms with Gasteiger partial charge in [0.25, 0.3) is 0 Å². The maximum atomic E-state index is 13.2. The molecule has 108 valence electrons. The van der Waals surface area contributed by atoms with Gasteiger partial charge in [-0.15, -0.1) is 0 Å². The molecule has 0 saturated heterocycles. The maximum absolute atomic E-state index is 13.2. The van der Waals surface area contributed by atoms with Crippen molar-refractivity contribution in [3.05, 3.63) is 23.9 Å². The molecule has 0 spiro atoms. The van der Waals surface area contributed by atoms with Crippen LogP contribution in [0.3, 0.4) is 0 Å². The van der Waals surface area contributed by atoms with Crippen molar-refractivity contribution in [3.8, 4) is 0 Å². The molecule has 1 unspecified atom stereocenters. The van der Waals surface area contributed by atoms with Crippen LogP contribution in [-0.2, 0) is 10.4 Å². The highest BCUT2D eigenvalue weighted by molar-refractivity contribution is 6.00. The normalized spacial score (nSPS) is 27.4. The van der Waals surface area contributed by atoms with Crippen LogP contribution in [0.25, 0.3) is 0 Å². The van der Waals surface area contributed by atoms with Crippen LogP contribution in [0.15, 0.2) is 18.3 Å². The Morgan fingerprint density at radius 2 is 2.10 bits per heavy atom.